The zero-order valence-electron chi connectivity index (χ0n) is 10.6. The quantitative estimate of drug-likeness (QED) is 0.627. The Balaban J connectivity index is 3.12. The van der Waals surface area contributed by atoms with Crippen LogP contribution in [-0.4, -0.2) is 18.9 Å². The lowest BCUT2D eigenvalue weighted by atomic mass is 10.0. The van der Waals surface area contributed by atoms with Crippen molar-refractivity contribution < 1.29 is 40.6 Å². The molecule has 1 aromatic carbocycles. The normalized spacial score (nSPS) is 12.1. The lowest BCUT2D eigenvalue weighted by Gasteiger charge is -2.15. The Hall–Kier alpha value is -1.93. The lowest BCUT2D eigenvalue weighted by Crippen LogP contribution is -2.19. The van der Waals surface area contributed by atoms with E-state index in [-0.39, 0.29) is 12.7 Å². The molecule has 1 aromatic rings. The van der Waals surface area contributed by atoms with E-state index in [9.17, 15) is 31.1 Å². The standard InChI is InChI=1S/C12H10F6O3/c1-2-20-10(19)5-7-3-4-8(21-12(16,17)18)6-9(7)11(13,14)15/h3-4,6H,2,5H2,1H3. The lowest BCUT2D eigenvalue weighted by molar-refractivity contribution is -0.274. The average Bonchev–Trinajstić information content (AvgIpc) is 2.28. The number of carbonyl (C=O) groups excluding carboxylic acids is 1. The monoisotopic (exact) mass is 316 g/mol. The first kappa shape index (κ1) is 17.1. The highest BCUT2D eigenvalue weighted by Gasteiger charge is 2.36. The van der Waals surface area contributed by atoms with Crippen LogP contribution in [0.5, 0.6) is 5.75 Å². The first-order valence-corrected chi connectivity index (χ1v) is 5.64. The number of esters is 1. The SMILES string of the molecule is CCOC(=O)Cc1ccc(OC(F)(F)F)cc1C(F)(F)F. The summed E-state index contributed by atoms with van der Waals surface area (Å²) in [5.74, 6) is -1.92. The van der Waals surface area contributed by atoms with Crippen LogP contribution >= 0.6 is 0 Å². The zero-order chi connectivity index (χ0) is 16.3. The van der Waals surface area contributed by atoms with Crippen molar-refractivity contribution in [1.82, 2.24) is 0 Å². The molecule has 1 rings (SSSR count). The number of hydrogen-bond donors (Lipinski definition) is 0. The van der Waals surface area contributed by atoms with E-state index in [2.05, 4.69) is 9.47 Å². The molecule has 0 fully saturated rings. The average molecular weight is 316 g/mol. The van der Waals surface area contributed by atoms with Crippen molar-refractivity contribution in [3.05, 3.63) is 29.3 Å². The maximum atomic E-state index is 12.8. The summed E-state index contributed by atoms with van der Waals surface area (Å²) in [7, 11) is 0. The van der Waals surface area contributed by atoms with E-state index in [1.807, 2.05) is 0 Å². The largest absolute Gasteiger partial charge is 0.573 e. The molecular weight excluding hydrogens is 306 g/mol. The van der Waals surface area contributed by atoms with Crippen LogP contribution in [0.1, 0.15) is 18.1 Å². The van der Waals surface area contributed by atoms with Gasteiger partial charge in [0.25, 0.3) is 0 Å². The fourth-order valence-corrected chi connectivity index (χ4v) is 1.54. The topological polar surface area (TPSA) is 35.5 Å². The molecule has 9 heteroatoms. The Morgan fingerprint density at radius 2 is 1.76 bits per heavy atom. The van der Waals surface area contributed by atoms with Crippen LogP contribution < -0.4 is 4.74 Å². The predicted octanol–water partition coefficient (Wildman–Crippen LogP) is 3.71. The summed E-state index contributed by atoms with van der Waals surface area (Å²) >= 11 is 0. The van der Waals surface area contributed by atoms with Crippen molar-refractivity contribution in [2.75, 3.05) is 6.61 Å². The van der Waals surface area contributed by atoms with Crippen molar-refractivity contribution in [2.45, 2.75) is 25.9 Å². The van der Waals surface area contributed by atoms with Crippen LogP contribution in [0.2, 0.25) is 0 Å². The van der Waals surface area contributed by atoms with Gasteiger partial charge in [0.2, 0.25) is 0 Å². The minimum Gasteiger partial charge on any atom is -0.466 e. The molecule has 0 aliphatic carbocycles. The molecule has 0 heterocycles. The number of rotatable bonds is 4. The fourth-order valence-electron chi connectivity index (χ4n) is 1.54. The van der Waals surface area contributed by atoms with E-state index in [1.165, 1.54) is 6.92 Å². The minimum atomic E-state index is -5.11. The number of ether oxygens (including phenoxy) is 2. The molecule has 0 N–H and O–H groups in total. The molecule has 0 bridgehead atoms. The molecule has 0 saturated carbocycles. The van der Waals surface area contributed by atoms with Gasteiger partial charge in [0, 0.05) is 0 Å². The number of hydrogen-bond acceptors (Lipinski definition) is 3. The Bertz CT molecular complexity index is 507. The van der Waals surface area contributed by atoms with Gasteiger partial charge < -0.3 is 9.47 Å². The van der Waals surface area contributed by atoms with Crippen LogP contribution in [0.4, 0.5) is 26.3 Å². The van der Waals surface area contributed by atoms with Gasteiger partial charge in [-0.1, -0.05) is 6.07 Å². The highest BCUT2D eigenvalue weighted by molar-refractivity contribution is 5.73. The maximum absolute atomic E-state index is 12.8. The molecule has 0 spiro atoms. The van der Waals surface area contributed by atoms with E-state index in [4.69, 9.17) is 0 Å². The van der Waals surface area contributed by atoms with Gasteiger partial charge in [-0.2, -0.15) is 13.2 Å². The molecule has 0 unspecified atom stereocenters. The Kier molecular flexibility index (Phi) is 5.08. The summed E-state index contributed by atoms with van der Waals surface area (Å²) in [5.41, 5.74) is -1.87. The zero-order valence-corrected chi connectivity index (χ0v) is 10.6. The number of benzene rings is 1. The van der Waals surface area contributed by atoms with Gasteiger partial charge >= 0.3 is 18.5 Å². The summed E-state index contributed by atoms with van der Waals surface area (Å²) in [6, 6.07) is 1.65. The van der Waals surface area contributed by atoms with Crippen molar-refractivity contribution in [1.29, 1.82) is 0 Å². The second-order valence-electron chi connectivity index (χ2n) is 3.85. The van der Waals surface area contributed by atoms with Crippen molar-refractivity contribution in [3.63, 3.8) is 0 Å². The molecule has 21 heavy (non-hydrogen) atoms. The predicted molar refractivity (Wildman–Crippen MR) is 58.5 cm³/mol. The van der Waals surface area contributed by atoms with E-state index in [1.54, 1.807) is 0 Å². The van der Waals surface area contributed by atoms with Gasteiger partial charge in [-0.25, -0.2) is 0 Å². The highest BCUT2D eigenvalue weighted by atomic mass is 19.4. The molecule has 0 amide bonds. The molecule has 0 aromatic heterocycles. The summed E-state index contributed by atoms with van der Waals surface area (Å²) in [4.78, 5) is 11.2. The highest BCUT2D eigenvalue weighted by Crippen LogP contribution is 2.36. The number of halogens is 6. The molecule has 0 atom stereocenters. The van der Waals surface area contributed by atoms with Crippen LogP contribution in [-0.2, 0) is 22.1 Å². The van der Waals surface area contributed by atoms with Gasteiger partial charge in [0.15, 0.2) is 0 Å². The van der Waals surface area contributed by atoms with Gasteiger partial charge in [0.05, 0.1) is 18.6 Å². The van der Waals surface area contributed by atoms with Crippen LogP contribution in [0.15, 0.2) is 18.2 Å². The third kappa shape index (κ3) is 5.52. The van der Waals surface area contributed by atoms with Crippen molar-refractivity contribution in [2.24, 2.45) is 0 Å². The number of alkyl halides is 6. The number of carbonyl (C=O) groups is 1. The van der Waals surface area contributed by atoms with Gasteiger partial charge in [0.1, 0.15) is 5.75 Å². The summed E-state index contributed by atoms with van der Waals surface area (Å²) < 4.78 is 82.4. The fraction of sp³-hybridized carbons (Fsp3) is 0.417. The third-order valence-corrected chi connectivity index (χ3v) is 2.26. The van der Waals surface area contributed by atoms with Gasteiger partial charge in [-0.05, 0) is 24.6 Å². The molecule has 0 radical (unpaired) electrons. The molecular formula is C12H10F6O3. The van der Waals surface area contributed by atoms with Crippen LogP contribution in [0.25, 0.3) is 0 Å². The minimum absolute atomic E-state index is 0.0184. The van der Waals surface area contributed by atoms with Crippen molar-refractivity contribution in [3.8, 4) is 5.75 Å². The van der Waals surface area contributed by atoms with E-state index in [0.717, 1.165) is 6.07 Å². The first-order valence-electron chi connectivity index (χ1n) is 5.64. The molecule has 0 aliphatic heterocycles. The van der Waals surface area contributed by atoms with Gasteiger partial charge in [-0.15, -0.1) is 13.2 Å². The Labute approximate surface area is 115 Å². The van der Waals surface area contributed by atoms with Crippen LogP contribution in [0.3, 0.4) is 0 Å². The van der Waals surface area contributed by atoms with E-state index >= 15 is 0 Å². The summed E-state index contributed by atoms with van der Waals surface area (Å²) in [5, 5.41) is 0. The molecule has 0 aliphatic rings. The first-order chi connectivity index (χ1) is 9.53. The smallest absolute Gasteiger partial charge is 0.466 e. The van der Waals surface area contributed by atoms with Crippen molar-refractivity contribution >= 4 is 5.97 Å². The second kappa shape index (κ2) is 6.23. The molecule has 0 saturated heterocycles. The maximum Gasteiger partial charge on any atom is 0.573 e. The summed E-state index contributed by atoms with van der Waals surface area (Å²) in [6.45, 7) is 1.46. The Morgan fingerprint density at radius 3 is 2.24 bits per heavy atom. The summed E-state index contributed by atoms with van der Waals surface area (Å²) in [6.07, 6.45) is -10.7. The van der Waals surface area contributed by atoms with E-state index < -0.39 is 41.8 Å². The van der Waals surface area contributed by atoms with Crippen LogP contribution in [0, 0.1) is 0 Å². The second-order valence-corrected chi connectivity index (χ2v) is 3.85. The third-order valence-electron chi connectivity index (χ3n) is 2.26. The Morgan fingerprint density at radius 1 is 1.14 bits per heavy atom. The van der Waals surface area contributed by atoms with Gasteiger partial charge in [-0.3, -0.25) is 4.79 Å². The molecule has 118 valence electrons. The van der Waals surface area contributed by atoms with E-state index in [0.29, 0.717) is 6.07 Å². The molecule has 3 nitrogen and oxygen atoms in total.